The number of nitrogens with zero attached hydrogens (tertiary/aromatic N) is 4. The number of benzene rings is 3. The molecule has 0 aliphatic carbocycles. The molecule has 5 amide bonds. The molecule has 8 nitrogen and oxygen atoms in total. The first-order chi connectivity index (χ1) is 16.9. The van der Waals surface area contributed by atoms with Gasteiger partial charge in [0.15, 0.2) is 0 Å². The summed E-state index contributed by atoms with van der Waals surface area (Å²) < 4.78 is 0. The number of piperazine rings is 1. The number of fused-ring (bicyclic) bond motifs is 6. The second-order valence-corrected chi connectivity index (χ2v) is 9.44. The summed E-state index contributed by atoms with van der Waals surface area (Å²) in [6, 6.07) is 16.5. The molecular weight excluding hydrogens is 466 g/mol. The number of imide groups is 1. The summed E-state index contributed by atoms with van der Waals surface area (Å²) in [5.74, 6) is -0.381. The molecule has 3 atom stereocenters. The van der Waals surface area contributed by atoms with Crippen LogP contribution in [0.25, 0.3) is 10.8 Å². The van der Waals surface area contributed by atoms with Crippen molar-refractivity contribution in [2.75, 3.05) is 16.8 Å². The third kappa shape index (κ3) is 3.01. The SMILES string of the molecule is Cc1c(N2C(=O)C3C4C[C@H](CN4C(=O)Nc4cccc5ccccc45)N3C2=O)ccc(C#N)c1Cl. The number of halogens is 1. The Labute approximate surface area is 206 Å². The molecule has 6 rings (SSSR count). The highest BCUT2D eigenvalue weighted by atomic mass is 35.5. The van der Waals surface area contributed by atoms with E-state index in [1.165, 1.54) is 6.07 Å². The fourth-order valence-electron chi connectivity index (χ4n) is 5.64. The van der Waals surface area contributed by atoms with E-state index >= 15 is 0 Å². The third-order valence-corrected chi connectivity index (χ3v) is 7.76. The van der Waals surface area contributed by atoms with Crippen molar-refractivity contribution in [2.24, 2.45) is 0 Å². The fraction of sp³-hybridized carbons (Fsp3) is 0.231. The van der Waals surface area contributed by atoms with Gasteiger partial charge in [0.05, 0.1) is 34.0 Å². The molecule has 3 saturated heterocycles. The Balaban J connectivity index is 1.28. The monoisotopic (exact) mass is 485 g/mol. The smallest absolute Gasteiger partial charge is 0.317 e. The van der Waals surface area contributed by atoms with E-state index in [1.54, 1.807) is 22.8 Å². The van der Waals surface area contributed by atoms with Crippen LogP contribution in [0.4, 0.5) is 21.0 Å². The highest BCUT2D eigenvalue weighted by molar-refractivity contribution is 6.33. The number of hydrogen-bond acceptors (Lipinski definition) is 4. The zero-order valence-electron chi connectivity index (χ0n) is 18.7. The Morgan fingerprint density at radius 1 is 1.11 bits per heavy atom. The molecule has 3 aliphatic rings. The Bertz CT molecular complexity index is 1480. The van der Waals surface area contributed by atoms with Crippen molar-refractivity contribution < 1.29 is 14.4 Å². The normalized spacial score (nSPS) is 22.7. The van der Waals surface area contributed by atoms with Crippen LogP contribution in [0.1, 0.15) is 17.5 Å². The minimum atomic E-state index is -0.742. The van der Waals surface area contributed by atoms with Gasteiger partial charge in [0.2, 0.25) is 0 Å². The van der Waals surface area contributed by atoms with Gasteiger partial charge in [-0.3, -0.25) is 4.79 Å². The number of anilines is 2. The molecule has 0 saturated carbocycles. The maximum atomic E-state index is 13.5. The highest BCUT2D eigenvalue weighted by Crippen LogP contribution is 2.44. The van der Waals surface area contributed by atoms with E-state index in [1.807, 2.05) is 48.5 Å². The zero-order valence-corrected chi connectivity index (χ0v) is 19.5. The first-order valence-corrected chi connectivity index (χ1v) is 11.7. The van der Waals surface area contributed by atoms with Crippen molar-refractivity contribution in [1.29, 1.82) is 5.26 Å². The number of amides is 5. The van der Waals surface area contributed by atoms with Gasteiger partial charge in [-0.15, -0.1) is 0 Å². The van der Waals surface area contributed by atoms with Crippen LogP contribution >= 0.6 is 11.6 Å². The number of nitriles is 1. The van der Waals surface area contributed by atoms with Gasteiger partial charge in [-0.25, -0.2) is 14.5 Å². The van der Waals surface area contributed by atoms with Crippen LogP contribution in [0.2, 0.25) is 5.02 Å². The Morgan fingerprint density at radius 2 is 1.89 bits per heavy atom. The number of urea groups is 2. The summed E-state index contributed by atoms with van der Waals surface area (Å²) >= 11 is 6.30. The average Bonchev–Trinajstić information content (AvgIpc) is 3.53. The second-order valence-electron chi connectivity index (χ2n) is 9.06. The van der Waals surface area contributed by atoms with Gasteiger partial charge in [-0.05, 0) is 42.5 Å². The maximum Gasteiger partial charge on any atom is 0.332 e. The molecule has 3 heterocycles. The summed E-state index contributed by atoms with van der Waals surface area (Å²) in [4.78, 5) is 44.5. The molecule has 1 N–H and O–H groups in total. The van der Waals surface area contributed by atoms with Gasteiger partial charge in [-0.1, -0.05) is 48.0 Å². The first kappa shape index (κ1) is 21.4. The van der Waals surface area contributed by atoms with Crippen LogP contribution in [0.15, 0.2) is 54.6 Å². The molecule has 3 aliphatic heterocycles. The Hall–Kier alpha value is -4.09. The van der Waals surface area contributed by atoms with E-state index in [-0.39, 0.29) is 28.6 Å². The van der Waals surface area contributed by atoms with Crippen LogP contribution in [-0.4, -0.2) is 52.4 Å². The molecule has 0 aromatic heterocycles. The van der Waals surface area contributed by atoms with Crippen LogP contribution < -0.4 is 10.2 Å². The third-order valence-electron chi connectivity index (χ3n) is 7.28. The van der Waals surface area contributed by atoms with Gasteiger partial charge in [0.1, 0.15) is 12.1 Å². The molecule has 9 heteroatoms. The van der Waals surface area contributed by atoms with E-state index in [4.69, 9.17) is 11.6 Å². The van der Waals surface area contributed by atoms with Crippen molar-refractivity contribution in [2.45, 2.75) is 31.5 Å². The Morgan fingerprint density at radius 3 is 2.69 bits per heavy atom. The van der Waals surface area contributed by atoms with Gasteiger partial charge < -0.3 is 15.1 Å². The Kier molecular flexibility index (Phi) is 4.73. The van der Waals surface area contributed by atoms with Crippen molar-refractivity contribution in [3.63, 3.8) is 0 Å². The van der Waals surface area contributed by atoms with Crippen molar-refractivity contribution >= 4 is 51.7 Å². The largest absolute Gasteiger partial charge is 0.332 e. The van der Waals surface area contributed by atoms with Crippen LogP contribution in [-0.2, 0) is 4.79 Å². The number of hydrogen-bond donors (Lipinski definition) is 1. The van der Waals surface area contributed by atoms with E-state index in [2.05, 4.69) is 5.32 Å². The topological polar surface area (TPSA) is 96.8 Å². The van der Waals surface area contributed by atoms with Crippen molar-refractivity contribution in [3.05, 3.63) is 70.7 Å². The van der Waals surface area contributed by atoms with Crippen LogP contribution in [0.3, 0.4) is 0 Å². The minimum Gasteiger partial charge on any atom is -0.317 e. The molecule has 2 unspecified atom stereocenters. The number of likely N-dealkylation sites (tertiary alicyclic amines) is 1. The standard InChI is InChI=1S/C26H20ClN5O3/c1-14-20(10-9-16(12-28)22(14)27)32-24(33)23-21-11-17(31(23)26(32)35)13-30(21)25(34)29-19-8-4-6-15-5-2-3-7-18(15)19/h2-10,17,21,23H,11,13H2,1H3,(H,29,34)/t17-,21?,23?/m1/s1. The van der Waals surface area contributed by atoms with E-state index in [0.717, 1.165) is 15.7 Å². The molecule has 174 valence electrons. The van der Waals surface area contributed by atoms with Gasteiger partial charge in [0.25, 0.3) is 5.91 Å². The molecule has 2 bridgehead atoms. The average molecular weight is 486 g/mol. The number of rotatable bonds is 2. The zero-order chi connectivity index (χ0) is 24.4. The van der Waals surface area contributed by atoms with E-state index < -0.39 is 18.1 Å². The quantitative estimate of drug-likeness (QED) is 0.540. The summed E-state index contributed by atoms with van der Waals surface area (Å²) in [5, 5.41) is 14.4. The number of carbonyl (C=O) groups is 3. The lowest BCUT2D eigenvalue weighted by Crippen LogP contribution is -2.55. The number of nitrogens with one attached hydrogen (secondary N) is 1. The van der Waals surface area contributed by atoms with Crippen molar-refractivity contribution in [1.82, 2.24) is 9.80 Å². The fourth-order valence-corrected chi connectivity index (χ4v) is 5.84. The van der Waals surface area contributed by atoms with Crippen LogP contribution in [0.5, 0.6) is 0 Å². The molecule has 0 spiro atoms. The lowest BCUT2D eigenvalue weighted by atomic mass is 10.1. The molecular formula is C26H20ClN5O3. The molecule has 0 radical (unpaired) electrons. The van der Waals surface area contributed by atoms with Crippen molar-refractivity contribution in [3.8, 4) is 6.07 Å². The van der Waals surface area contributed by atoms with Gasteiger partial charge in [0, 0.05) is 11.9 Å². The van der Waals surface area contributed by atoms with Gasteiger partial charge in [-0.2, -0.15) is 5.26 Å². The minimum absolute atomic E-state index is 0.219. The molecule has 3 aromatic carbocycles. The lowest BCUT2D eigenvalue weighted by molar-refractivity contribution is -0.120. The predicted octanol–water partition coefficient (Wildman–Crippen LogP) is 4.50. The molecule has 3 aromatic rings. The summed E-state index contributed by atoms with van der Waals surface area (Å²) in [7, 11) is 0. The van der Waals surface area contributed by atoms with Crippen LogP contribution in [0, 0.1) is 18.3 Å². The maximum absolute atomic E-state index is 13.5. The second kappa shape index (κ2) is 7.72. The van der Waals surface area contributed by atoms with E-state index in [9.17, 15) is 19.6 Å². The summed E-state index contributed by atoms with van der Waals surface area (Å²) in [6.45, 7) is 2.04. The summed E-state index contributed by atoms with van der Waals surface area (Å²) in [5.41, 5.74) is 1.84. The van der Waals surface area contributed by atoms with E-state index in [0.29, 0.717) is 29.9 Å². The summed E-state index contributed by atoms with van der Waals surface area (Å²) in [6.07, 6.45) is 0.562. The number of carbonyl (C=O) groups excluding carboxylic acids is 3. The predicted molar refractivity (Wildman–Crippen MR) is 131 cm³/mol. The molecule has 35 heavy (non-hydrogen) atoms. The highest BCUT2D eigenvalue weighted by Gasteiger charge is 2.63. The first-order valence-electron chi connectivity index (χ1n) is 11.3. The van der Waals surface area contributed by atoms with Gasteiger partial charge >= 0.3 is 12.1 Å². The lowest BCUT2D eigenvalue weighted by Gasteiger charge is -2.34. The molecule has 3 fully saturated rings.